The highest BCUT2D eigenvalue weighted by Gasteiger charge is 2.23. The van der Waals surface area contributed by atoms with Crippen molar-refractivity contribution in [2.75, 3.05) is 79.7 Å². The number of rotatable bonds is 8. The molecule has 1 atom stereocenters. The molecular weight excluding hydrogens is 493 g/mol. The van der Waals surface area contributed by atoms with Gasteiger partial charge in [0.05, 0.1) is 18.8 Å². The molecule has 0 aromatic carbocycles. The first kappa shape index (κ1) is 26.1. The lowest BCUT2D eigenvalue weighted by Crippen LogP contribution is -2.47. The Kier molecular flexibility index (Phi) is 12.9. The van der Waals surface area contributed by atoms with Crippen molar-refractivity contribution in [1.29, 1.82) is 0 Å². The van der Waals surface area contributed by atoms with E-state index in [1.54, 1.807) is 0 Å². The van der Waals surface area contributed by atoms with Gasteiger partial charge in [-0.15, -0.1) is 24.0 Å². The topological polar surface area (TPSA) is 52.6 Å². The van der Waals surface area contributed by atoms with Crippen molar-refractivity contribution in [3.8, 4) is 0 Å². The Labute approximate surface area is 200 Å². The summed E-state index contributed by atoms with van der Waals surface area (Å²) in [6.45, 7) is 10.8. The molecule has 0 spiro atoms. The van der Waals surface area contributed by atoms with Crippen LogP contribution in [0, 0.1) is 0 Å². The molecule has 0 radical (unpaired) electrons. The van der Waals surface area contributed by atoms with Gasteiger partial charge in [-0.3, -0.25) is 4.99 Å². The molecule has 0 saturated carbocycles. The molecule has 3 rings (SSSR count). The number of hydrogen-bond donors (Lipinski definition) is 1. The molecule has 8 heteroatoms. The zero-order valence-corrected chi connectivity index (χ0v) is 21.5. The number of halogens is 1. The number of unbranched alkanes of at least 4 members (excludes halogenated alkanes) is 1. The van der Waals surface area contributed by atoms with Gasteiger partial charge in [0.2, 0.25) is 0 Å². The average Bonchev–Trinajstić information content (AvgIpc) is 2.77. The van der Waals surface area contributed by atoms with Gasteiger partial charge in [0, 0.05) is 59.5 Å². The zero-order chi connectivity index (χ0) is 20.3. The molecule has 3 fully saturated rings. The van der Waals surface area contributed by atoms with Gasteiger partial charge in [-0.25, -0.2) is 0 Å². The molecule has 1 unspecified atom stereocenters. The first-order valence-corrected chi connectivity index (χ1v) is 11.8. The van der Waals surface area contributed by atoms with Crippen molar-refractivity contribution in [2.45, 2.75) is 57.2 Å². The van der Waals surface area contributed by atoms with Crippen LogP contribution in [0.15, 0.2) is 4.99 Å². The second-order valence-electron chi connectivity index (χ2n) is 8.83. The predicted octanol–water partition coefficient (Wildman–Crippen LogP) is 2.26. The normalized spacial score (nSPS) is 25.2. The fraction of sp³-hybridized carbons (Fsp3) is 0.955. The summed E-state index contributed by atoms with van der Waals surface area (Å²) < 4.78 is 11.9. The highest BCUT2D eigenvalue weighted by atomic mass is 127. The molecule has 30 heavy (non-hydrogen) atoms. The third kappa shape index (κ3) is 9.14. The van der Waals surface area contributed by atoms with Gasteiger partial charge < -0.3 is 29.5 Å². The molecular formula is C22H44IN5O2. The molecule has 0 aromatic rings. The van der Waals surface area contributed by atoms with Crippen LogP contribution in [0.25, 0.3) is 0 Å². The monoisotopic (exact) mass is 537 g/mol. The molecule has 1 N–H and O–H groups in total. The standard InChI is InChI=1S/C22H43N5O2.HI/c1-23-22(24-10-4-5-11-26-16-14-25(2)15-17-26)27-12-8-20(9-13-27)29-19-21-7-3-6-18-28-21;/h20-21H,3-19H2,1-2H3,(H,23,24);1H. The van der Waals surface area contributed by atoms with E-state index in [0.29, 0.717) is 12.2 Å². The number of likely N-dealkylation sites (tertiary alicyclic amines) is 1. The molecule has 3 heterocycles. The van der Waals surface area contributed by atoms with Crippen molar-refractivity contribution in [3.63, 3.8) is 0 Å². The van der Waals surface area contributed by atoms with Crippen LogP contribution in [0.4, 0.5) is 0 Å². The lowest BCUT2D eigenvalue weighted by molar-refractivity contribution is -0.0721. The van der Waals surface area contributed by atoms with E-state index in [4.69, 9.17) is 9.47 Å². The maximum Gasteiger partial charge on any atom is 0.193 e. The molecule has 3 aliphatic heterocycles. The number of aliphatic imine (C=N–C) groups is 1. The van der Waals surface area contributed by atoms with Crippen molar-refractivity contribution in [2.24, 2.45) is 4.99 Å². The summed E-state index contributed by atoms with van der Waals surface area (Å²) in [4.78, 5) is 11.9. The summed E-state index contributed by atoms with van der Waals surface area (Å²) in [6, 6.07) is 0. The van der Waals surface area contributed by atoms with Crippen LogP contribution in [0.2, 0.25) is 0 Å². The molecule has 0 aliphatic carbocycles. The number of ether oxygens (including phenoxy) is 2. The number of nitrogens with zero attached hydrogens (tertiary/aromatic N) is 4. The Hall–Kier alpha value is -0.160. The number of hydrogen-bond acceptors (Lipinski definition) is 5. The van der Waals surface area contributed by atoms with E-state index in [9.17, 15) is 0 Å². The van der Waals surface area contributed by atoms with E-state index in [0.717, 1.165) is 58.1 Å². The second-order valence-corrected chi connectivity index (χ2v) is 8.83. The van der Waals surface area contributed by atoms with E-state index in [-0.39, 0.29) is 24.0 Å². The summed E-state index contributed by atoms with van der Waals surface area (Å²) in [7, 11) is 4.11. The fourth-order valence-corrected chi connectivity index (χ4v) is 4.48. The van der Waals surface area contributed by atoms with E-state index in [1.165, 1.54) is 58.4 Å². The Bertz CT molecular complexity index is 474. The lowest BCUT2D eigenvalue weighted by Gasteiger charge is -2.35. The minimum Gasteiger partial charge on any atom is -0.376 e. The predicted molar refractivity (Wildman–Crippen MR) is 134 cm³/mol. The minimum atomic E-state index is 0. The summed E-state index contributed by atoms with van der Waals surface area (Å²) in [5, 5.41) is 3.57. The molecule has 0 amide bonds. The lowest BCUT2D eigenvalue weighted by atomic mass is 10.1. The number of guanidine groups is 1. The van der Waals surface area contributed by atoms with E-state index in [1.807, 2.05) is 7.05 Å². The maximum atomic E-state index is 6.14. The molecule has 176 valence electrons. The van der Waals surface area contributed by atoms with Gasteiger partial charge in [0.15, 0.2) is 5.96 Å². The van der Waals surface area contributed by atoms with Crippen LogP contribution in [-0.2, 0) is 9.47 Å². The number of piperidine rings is 1. The van der Waals surface area contributed by atoms with Crippen LogP contribution < -0.4 is 5.32 Å². The van der Waals surface area contributed by atoms with Crippen LogP contribution in [0.1, 0.15) is 44.9 Å². The Balaban J connectivity index is 0.00000320. The van der Waals surface area contributed by atoms with Crippen molar-refractivity contribution in [1.82, 2.24) is 20.0 Å². The third-order valence-electron chi connectivity index (χ3n) is 6.53. The molecule has 0 aromatic heterocycles. The molecule has 3 aliphatic rings. The minimum absolute atomic E-state index is 0. The maximum absolute atomic E-state index is 6.14. The summed E-state index contributed by atoms with van der Waals surface area (Å²) >= 11 is 0. The van der Waals surface area contributed by atoms with Crippen molar-refractivity contribution >= 4 is 29.9 Å². The van der Waals surface area contributed by atoms with Gasteiger partial charge >= 0.3 is 0 Å². The Morgan fingerprint density at radius 1 is 1.03 bits per heavy atom. The van der Waals surface area contributed by atoms with Crippen LogP contribution in [0.5, 0.6) is 0 Å². The van der Waals surface area contributed by atoms with Gasteiger partial charge in [-0.2, -0.15) is 0 Å². The fourth-order valence-electron chi connectivity index (χ4n) is 4.48. The number of piperazine rings is 1. The highest BCUT2D eigenvalue weighted by molar-refractivity contribution is 14.0. The van der Waals surface area contributed by atoms with E-state index >= 15 is 0 Å². The first-order valence-electron chi connectivity index (χ1n) is 11.8. The molecule has 7 nitrogen and oxygen atoms in total. The molecule has 3 saturated heterocycles. The van der Waals surface area contributed by atoms with Gasteiger partial charge in [-0.05, 0) is 58.5 Å². The summed E-state index contributed by atoms with van der Waals surface area (Å²) in [6.07, 6.45) is 8.96. The van der Waals surface area contributed by atoms with Crippen molar-refractivity contribution < 1.29 is 9.47 Å². The molecule has 0 bridgehead atoms. The largest absolute Gasteiger partial charge is 0.376 e. The number of nitrogens with one attached hydrogen (secondary N) is 1. The highest BCUT2D eigenvalue weighted by Crippen LogP contribution is 2.18. The zero-order valence-electron chi connectivity index (χ0n) is 19.2. The Morgan fingerprint density at radius 3 is 2.47 bits per heavy atom. The summed E-state index contributed by atoms with van der Waals surface area (Å²) in [5.41, 5.74) is 0. The van der Waals surface area contributed by atoms with Gasteiger partial charge in [0.1, 0.15) is 0 Å². The smallest absolute Gasteiger partial charge is 0.193 e. The second kappa shape index (κ2) is 14.8. The third-order valence-corrected chi connectivity index (χ3v) is 6.53. The van der Waals surface area contributed by atoms with Crippen LogP contribution >= 0.6 is 24.0 Å². The first-order chi connectivity index (χ1) is 14.2. The van der Waals surface area contributed by atoms with E-state index in [2.05, 4.69) is 32.1 Å². The quantitative estimate of drug-likeness (QED) is 0.222. The van der Waals surface area contributed by atoms with Crippen LogP contribution in [-0.4, -0.2) is 113 Å². The van der Waals surface area contributed by atoms with Gasteiger partial charge in [-0.1, -0.05) is 0 Å². The average molecular weight is 538 g/mol. The SMILES string of the molecule is CN=C(NCCCCN1CCN(C)CC1)N1CCC(OCC2CCCCO2)CC1.I. The summed E-state index contributed by atoms with van der Waals surface area (Å²) in [5.74, 6) is 1.05. The van der Waals surface area contributed by atoms with Gasteiger partial charge in [0.25, 0.3) is 0 Å². The number of likely N-dealkylation sites (N-methyl/N-ethyl adjacent to an activating group) is 1. The Morgan fingerprint density at radius 2 is 1.80 bits per heavy atom. The van der Waals surface area contributed by atoms with Crippen molar-refractivity contribution in [3.05, 3.63) is 0 Å². The van der Waals surface area contributed by atoms with E-state index < -0.39 is 0 Å². The van der Waals surface area contributed by atoms with Crippen LogP contribution in [0.3, 0.4) is 0 Å².